The molecule has 1 aliphatic carbocycles. The SMILES string of the molecule is Cc1c(N)cc(Br)cc1C(=O)N(C)CC1CC1. The first-order valence-corrected chi connectivity index (χ1v) is 6.59. The zero-order chi connectivity index (χ0) is 12.6. The maximum atomic E-state index is 12.3. The smallest absolute Gasteiger partial charge is 0.253 e. The summed E-state index contributed by atoms with van der Waals surface area (Å²) >= 11 is 3.38. The van der Waals surface area contributed by atoms with Gasteiger partial charge in [0.1, 0.15) is 0 Å². The van der Waals surface area contributed by atoms with Crippen LogP contribution in [0.1, 0.15) is 28.8 Å². The third-order valence-electron chi connectivity index (χ3n) is 3.22. The molecular formula is C13H17BrN2O. The van der Waals surface area contributed by atoms with Crippen LogP contribution in [-0.4, -0.2) is 24.4 Å². The third kappa shape index (κ3) is 2.80. The van der Waals surface area contributed by atoms with Gasteiger partial charge in [-0.3, -0.25) is 4.79 Å². The predicted molar refractivity (Wildman–Crippen MR) is 73.0 cm³/mol. The molecule has 0 saturated heterocycles. The Hall–Kier alpha value is -1.03. The van der Waals surface area contributed by atoms with Gasteiger partial charge in [0, 0.05) is 29.3 Å². The van der Waals surface area contributed by atoms with E-state index in [0.29, 0.717) is 17.2 Å². The van der Waals surface area contributed by atoms with Crippen molar-refractivity contribution < 1.29 is 4.79 Å². The monoisotopic (exact) mass is 296 g/mol. The van der Waals surface area contributed by atoms with Crippen LogP contribution in [0.25, 0.3) is 0 Å². The molecule has 1 fully saturated rings. The van der Waals surface area contributed by atoms with Gasteiger partial charge >= 0.3 is 0 Å². The van der Waals surface area contributed by atoms with E-state index in [9.17, 15) is 4.79 Å². The highest BCUT2D eigenvalue weighted by Gasteiger charge is 2.26. The number of carbonyl (C=O) groups is 1. The Balaban J connectivity index is 2.22. The van der Waals surface area contributed by atoms with Crippen LogP contribution < -0.4 is 5.73 Å². The highest BCUT2D eigenvalue weighted by Crippen LogP contribution is 2.30. The topological polar surface area (TPSA) is 46.3 Å². The first kappa shape index (κ1) is 12.4. The molecule has 0 spiro atoms. The third-order valence-corrected chi connectivity index (χ3v) is 3.68. The number of amides is 1. The quantitative estimate of drug-likeness (QED) is 0.872. The molecule has 0 aliphatic heterocycles. The van der Waals surface area contributed by atoms with Gasteiger partial charge in [-0.1, -0.05) is 15.9 Å². The van der Waals surface area contributed by atoms with E-state index in [-0.39, 0.29) is 5.91 Å². The largest absolute Gasteiger partial charge is 0.398 e. The van der Waals surface area contributed by atoms with Crippen LogP contribution in [0.3, 0.4) is 0 Å². The van der Waals surface area contributed by atoms with E-state index < -0.39 is 0 Å². The fraction of sp³-hybridized carbons (Fsp3) is 0.462. The molecule has 1 aliphatic rings. The van der Waals surface area contributed by atoms with E-state index in [4.69, 9.17) is 5.73 Å². The van der Waals surface area contributed by atoms with Crippen LogP contribution >= 0.6 is 15.9 Å². The number of rotatable bonds is 3. The van der Waals surface area contributed by atoms with Crippen molar-refractivity contribution in [2.75, 3.05) is 19.3 Å². The second-order valence-electron chi connectivity index (χ2n) is 4.80. The highest BCUT2D eigenvalue weighted by atomic mass is 79.9. The summed E-state index contributed by atoms with van der Waals surface area (Å²) < 4.78 is 0.851. The average molecular weight is 297 g/mol. The Morgan fingerprint density at radius 1 is 1.53 bits per heavy atom. The van der Waals surface area contributed by atoms with E-state index >= 15 is 0 Å². The minimum atomic E-state index is 0.0578. The maximum Gasteiger partial charge on any atom is 0.253 e. The molecule has 4 heteroatoms. The van der Waals surface area contributed by atoms with Gasteiger partial charge in [0.25, 0.3) is 5.91 Å². The highest BCUT2D eigenvalue weighted by molar-refractivity contribution is 9.10. The first-order valence-electron chi connectivity index (χ1n) is 5.80. The molecule has 2 rings (SSSR count). The standard InChI is InChI=1S/C13H17BrN2O/c1-8-11(5-10(14)6-12(8)15)13(17)16(2)7-9-3-4-9/h5-6,9H,3-4,7,15H2,1-2H3. The summed E-state index contributed by atoms with van der Waals surface area (Å²) in [6, 6.07) is 3.67. The molecule has 2 N–H and O–H groups in total. The molecule has 0 aromatic heterocycles. The molecule has 0 radical (unpaired) electrons. The van der Waals surface area contributed by atoms with Crippen LogP contribution in [0.15, 0.2) is 16.6 Å². The normalized spacial score (nSPS) is 14.8. The van der Waals surface area contributed by atoms with E-state index in [1.807, 2.05) is 26.1 Å². The lowest BCUT2D eigenvalue weighted by Crippen LogP contribution is -2.29. The number of nitrogens with two attached hydrogens (primary N) is 1. The van der Waals surface area contributed by atoms with Crippen molar-refractivity contribution in [1.82, 2.24) is 4.90 Å². The fourth-order valence-electron chi connectivity index (χ4n) is 1.90. The summed E-state index contributed by atoms with van der Waals surface area (Å²) in [6.07, 6.45) is 2.49. The Labute approximate surface area is 110 Å². The van der Waals surface area contributed by atoms with Gasteiger partial charge in [0.2, 0.25) is 0 Å². The van der Waals surface area contributed by atoms with Gasteiger partial charge in [-0.2, -0.15) is 0 Å². The molecule has 3 nitrogen and oxygen atoms in total. The van der Waals surface area contributed by atoms with Gasteiger partial charge in [0.15, 0.2) is 0 Å². The lowest BCUT2D eigenvalue weighted by molar-refractivity contribution is 0.0788. The average Bonchev–Trinajstić information content (AvgIpc) is 3.06. The van der Waals surface area contributed by atoms with Crippen LogP contribution in [0.2, 0.25) is 0 Å². The predicted octanol–water partition coefficient (Wildman–Crippen LogP) is 2.82. The van der Waals surface area contributed by atoms with E-state index in [0.717, 1.165) is 16.6 Å². The number of anilines is 1. The lowest BCUT2D eigenvalue weighted by atomic mass is 10.1. The summed E-state index contributed by atoms with van der Waals surface area (Å²) in [5.41, 5.74) is 8.08. The van der Waals surface area contributed by atoms with Crippen molar-refractivity contribution in [1.29, 1.82) is 0 Å². The molecule has 1 amide bonds. The molecular weight excluding hydrogens is 280 g/mol. The summed E-state index contributed by atoms with van der Waals surface area (Å²) in [5, 5.41) is 0. The number of benzene rings is 1. The second kappa shape index (κ2) is 4.69. The van der Waals surface area contributed by atoms with Crippen molar-refractivity contribution in [3.63, 3.8) is 0 Å². The van der Waals surface area contributed by atoms with Gasteiger partial charge in [-0.25, -0.2) is 0 Å². The molecule has 1 aromatic carbocycles. The zero-order valence-electron chi connectivity index (χ0n) is 10.2. The number of hydrogen-bond donors (Lipinski definition) is 1. The first-order chi connectivity index (χ1) is 7.99. The van der Waals surface area contributed by atoms with Crippen molar-refractivity contribution in [2.45, 2.75) is 19.8 Å². The molecule has 0 bridgehead atoms. The van der Waals surface area contributed by atoms with E-state index in [1.165, 1.54) is 12.8 Å². The summed E-state index contributed by atoms with van der Waals surface area (Å²) in [5.74, 6) is 0.760. The van der Waals surface area contributed by atoms with Crippen LogP contribution in [0, 0.1) is 12.8 Å². The Morgan fingerprint density at radius 2 is 2.18 bits per heavy atom. The second-order valence-corrected chi connectivity index (χ2v) is 5.71. The van der Waals surface area contributed by atoms with Crippen molar-refractivity contribution >= 4 is 27.5 Å². The van der Waals surface area contributed by atoms with Crippen molar-refractivity contribution in [3.05, 3.63) is 27.7 Å². The molecule has 0 unspecified atom stereocenters. The van der Waals surface area contributed by atoms with Gasteiger partial charge in [0.05, 0.1) is 0 Å². The lowest BCUT2D eigenvalue weighted by Gasteiger charge is -2.19. The van der Waals surface area contributed by atoms with Gasteiger partial charge in [-0.05, 0) is 43.4 Å². The Bertz CT molecular complexity index is 455. The number of carbonyl (C=O) groups excluding carboxylic acids is 1. The van der Waals surface area contributed by atoms with Crippen molar-refractivity contribution in [3.8, 4) is 0 Å². The van der Waals surface area contributed by atoms with Gasteiger partial charge in [-0.15, -0.1) is 0 Å². The number of nitrogens with zero attached hydrogens (tertiary/aromatic N) is 1. The Morgan fingerprint density at radius 3 is 2.76 bits per heavy atom. The number of halogens is 1. The number of nitrogen functional groups attached to an aromatic ring is 1. The van der Waals surface area contributed by atoms with E-state index in [2.05, 4.69) is 15.9 Å². The summed E-state index contributed by atoms with van der Waals surface area (Å²) in [7, 11) is 1.86. The molecule has 92 valence electrons. The fourth-order valence-corrected chi connectivity index (χ4v) is 2.37. The minimum absolute atomic E-state index is 0.0578. The molecule has 0 heterocycles. The van der Waals surface area contributed by atoms with Crippen LogP contribution in [0.5, 0.6) is 0 Å². The molecule has 0 atom stereocenters. The summed E-state index contributed by atoms with van der Waals surface area (Å²) in [4.78, 5) is 14.1. The zero-order valence-corrected chi connectivity index (χ0v) is 11.8. The van der Waals surface area contributed by atoms with Crippen molar-refractivity contribution in [2.24, 2.45) is 5.92 Å². The van der Waals surface area contributed by atoms with Gasteiger partial charge < -0.3 is 10.6 Å². The molecule has 17 heavy (non-hydrogen) atoms. The Kier molecular flexibility index (Phi) is 3.43. The maximum absolute atomic E-state index is 12.3. The molecule has 1 aromatic rings. The van der Waals surface area contributed by atoms with E-state index in [1.54, 1.807) is 4.90 Å². The summed E-state index contributed by atoms with van der Waals surface area (Å²) in [6.45, 7) is 2.74. The minimum Gasteiger partial charge on any atom is -0.398 e. The van der Waals surface area contributed by atoms with Crippen LogP contribution in [0.4, 0.5) is 5.69 Å². The van der Waals surface area contributed by atoms with Crippen LogP contribution in [-0.2, 0) is 0 Å². The number of hydrogen-bond acceptors (Lipinski definition) is 2. The molecule has 1 saturated carbocycles.